The monoisotopic (exact) mass is 298 g/mol. The van der Waals surface area contributed by atoms with Crippen LogP contribution in [0, 0.1) is 5.82 Å². The number of benzene rings is 1. The van der Waals surface area contributed by atoms with Crippen molar-refractivity contribution in [1.82, 2.24) is 10.2 Å². The van der Waals surface area contributed by atoms with Gasteiger partial charge in [0.25, 0.3) is 0 Å². The zero-order valence-electron chi connectivity index (χ0n) is 12.8. The molecule has 0 aliphatic carbocycles. The summed E-state index contributed by atoms with van der Waals surface area (Å²) >= 11 is 5.88. The largest absolute Gasteiger partial charge is 0.308 e. The molecular weight excluding hydrogens is 275 g/mol. The van der Waals surface area contributed by atoms with Crippen LogP contribution in [0.15, 0.2) is 18.2 Å². The van der Waals surface area contributed by atoms with E-state index in [0.29, 0.717) is 12.1 Å². The minimum Gasteiger partial charge on any atom is -0.308 e. The van der Waals surface area contributed by atoms with Gasteiger partial charge in [-0.15, -0.1) is 0 Å². The van der Waals surface area contributed by atoms with Crippen molar-refractivity contribution >= 4 is 11.6 Å². The van der Waals surface area contributed by atoms with Gasteiger partial charge in [0.2, 0.25) is 0 Å². The van der Waals surface area contributed by atoms with Crippen LogP contribution in [0.25, 0.3) is 0 Å². The molecule has 1 saturated heterocycles. The summed E-state index contributed by atoms with van der Waals surface area (Å²) < 4.78 is 14.1. The van der Waals surface area contributed by atoms with Gasteiger partial charge in [-0.2, -0.15) is 0 Å². The zero-order valence-corrected chi connectivity index (χ0v) is 13.5. The molecule has 1 unspecified atom stereocenters. The topological polar surface area (TPSA) is 15.3 Å². The molecule has 1 fully saturated rings. The quantitative estimate of drug-likeness (QED) is 0.912. The molecule has 20 heavy (non-hydrogen) atoms. The van der Waals surface area contributed by atoms with Gasteiger partial charge in [0, 0.05) is 36.3 Å². The summed E-state index contributed by atoms with van der Waals surface area (Å²) in [5.74, 6) is -0.290. The van der Waals surface area contributed by atoms with Crippen molar-refractivity contribution in [1.29, 1.82) is 0 Å². The molecule has 2 nitrogen and oxygen atoms in total. The summed E-state index contributed by atoms with van der Waals surface area (Å²) in [6.45, 7) is 11.2. The first-order valence-electron chi connectivity index (χ1n) is 7.20. The highest BCUT2D eigenvalue weighted by molar-refractivity contribution is 6.30. The predicted octanol–water partition coefficient (Wildman–Crippen LogP) is 3.83. The van der Waals surface area contributed by atoms with E-state index in [9.17, 15) is 4.39 Å². The van der Waals surface area contributed by atoms with E-state index in [2.05, 4.69) is 37.9 Å². The van der Waals surface area contributed by atoms with Gasteiger partial charge in [-0.3, -0.25) is 4.90 Å². The number of hydrogen-bond acceptors (Lipinski definition) is 2. The lowest BCUT2D eigenvalue weighted by atomic mass is 9.88. The molecular formula is C16H24ClFN2. The lowest BCUT2D eigenvalue weighted by Gasteiger charge is -2.50. The Morgan fingerprint density at radius 2 is 2.05 bits per heavy atom. The van der Waals surface area contributed by atoms with Crippen molar-refractivity contribution in [2.75, 3.05) is 13.1 Å². The van der Waals surface area contributed by atoms with Gasteiger partial charge in [0.1, 0.15) is 5.82 Å². The van der Waals surface area contributed by atoms with Crippen molar-refractivity contribution in [3.8, 4) is 0 Å². The van der Waals surface area contributed by atoms with Crippen molar-refractivity contribution in [2.45, 2.75) is 51.7 Å². The van der Waals surface area contributed by atoms with Crippen LogP contribution >= 0.6 is 11.6 Å². The molecule has 1 aliphatic rings. The van der Waals surface area contributed by atoms with E-state index < -0.39 is 0 Å². The Labute approximate surface area is 126 Å². The van der Waals surface area contributed by atoms with Crippen LogP contribution in [0.5, 0.6) is 0 Å². The van der Waals surface area contributed by atoms with E-state index in [0.717, 1.165) is 19.5 Å². The molecule has 1 aromatic rings. The number of hydrogen-bond donors (Lipinski definition) is 1. The highest BCUT2D eigenvalue weighted by Crippen LogP contribution is 2.28. The van der Waals surface area contributed by atoms with Crippen LogP contribution in [-0.4, -0.2) is 29.1 Å². The van der Waals surface area contributed by atoms with Crippen LogP contribution < -0.4 is 5.32 Å². The molecule has 0 saturated carbocycles. The number of halogens is 2. The van der Waals surface area contributed by atoms with Gasteiger partial charge in [0.05, 0.1) is 5.02 Å². The molecule has 4 heteroatoms. The first-order valence-corrected chi connectivity index (χ1v) is 7.58. The molecule has 1 aliphatic heterocycles. The van der Waals surface area contributed by atoms with Gasteiger partial charge < -0.3 is 5.32 Å². The van der Waals surface area contributed by atoms with Gasteiger partial charge in [-0.05, 0) is 33.3 Å². The Morgan fingerprint density at radius 1 is 1.35 bits per heavy atom. The van der Waals surface area contributed by atoms with Gasteiger partial charge in [-0.25, -0.2) is 4.39 Å². The van der Waals surface area contributed by atoms with Crippen LogP contribution in [0.1, 0.15) is 39.7 Å². The van der Waals surface area contributed by atoms with Gasteiger partial charge in [0.15, 0.2) is 0 Å². The Hall–Kier alpha value is -0.640. The molecule has 0 radical (unpaired) electrons. The van der Waals surface area contributed by atoms with Crippen molar-refractivity contribution in [3.63, 3.8) is 0 Å². The highest BCUT2D eigenvalue weighted by Gasteiger charge is 2.39. The van der Waals surface area contributed by atoms with Crippen LogP contribution in [0.3, 0.4) is 0 Å². The van der Waals surface area contributed by atoms with E-state index in [1.54, 1.807) is 6.07 Å². The van der Waals surface area contributed by atoms with Gasteiger partial charge in [-0.1, -0.05) is 30.7 Å². The third kappa shape index (κ3) is 3.16. The summed E-state index contributed by atoms with van der Waals surface area (Å²) in [5, 5.41) is 3.82. The normalized spacial score (nSPS) is 26.7. The Morgan fingerprint density at radius 3 is 2.70 bits per heavy atom. The molecule has 1 N–H and O–H groups in total. The zero-order chi connectivity index (χ0) is 15.0. The molecule has 1 atom stereocenters. The molecule has 2 rings (SSSR count). The summed E-state index contributed by atoms with van der Waals surface area (Å²) in [4.78, 5) is 2.35. The Bertz CT molecular complexity index is 489. The fourth-order valence-corrected chi connectivity index (χ4v) is 2.81. The smallest absolute Gasteiger partial charge is 0.146 e. The van der Waals surface area contributed by atoms with Crippen molar-refractivity contribution in [3.05, 3.63) is 34.6 Å². The summed E-state index contributed by atoms with van der Waals surface area (Å²) in [5.41, 5.74) is 0.763. The van der Waals surface area contributed by atoms with Crippen molar-refractivity contribution in [2.24, 2.45) is 0 Å². The maximum absolute atomic E-state index is 14.1. The lowest BCUT2D eigenvalue weighted by Crippen LogP contribution is -2.66. The standard InChI is InChI=1S/C16H24ClFN2/c1-5-16(4)11-20(15(2,3)10-19-16)9-12-7-6-8-13(17)14(12)18/h6-8,19H,5,9-11H2,1-4H3. The van der Waals surface area contributed by atoms with Gasteiger partial charge >= 0.3 is 0 Å². The second kappa shape index (κ2) is 5.63. The Kier molecular flexibility index (Phi) is 4.43. The number of rotatable bonds is 3. The first kappa shape index (κ1) is 15.7. The van der Waals surface area contributed by atoms with E-state index in [-0.39, 0.29) is 21.9 Å². The summed E-state index contributed by atoms with van der Waals surface area (Å²) in [7, 11) is 0. The van der Waals surface area contributed by atoms with E-state index in [1.807, 2.05) is 12.1 Å². The molecule has 1 heterocycles. The minimum atomic E-state index is -0.290. The molecule has 1 aromatic carbocycles. The minimum absolute atomic E-state index is 0.00341. The maximum Gasteiger partial charge on any atom is 0.146 e. The first-order chi connectivity index (χ1) is 9.27. The number of nitrogens with one attached hydrogen (secondary N) is 1. The second-order valence-electron chi connectivity index (χ2n) is 6.65. The van der Waals surface area contributed by atoms with Crippen LogP contribution in [-0.2, 0) is 6.54 Å². The summed E-state index contributed by atoms with van der Waals surface area (Å²) in [6, 6.07) is 5.23. The van der Waals surface area contributed by atoms with Crippen molar-refractivity contribution < 1.29 is 4.39 Å². The SMILES string of the molecule is CCC1(C)CN(Cc2cccc(Cl)c2F)C(C)(C)CN1. The molecule has 0 aromatic heterocycles. The highest BCUT2D eigenvalue weighted by atomic mass is 35.5. The third-order valence-corrected chi connectivity index (χ3v) is 4.81. The number of piperazine rings is 1. The average molecular weight is 299 g/mol. The average Bonchev–Trinajstić information content (AvgIpc) is 2.40. The van der Waals surface area contributed by atoms with Crippen LogP contribution in [0.4, 0.5) is 4.39 Å². The Balaban J connectivity index is 2.23. The fourth-order valence-electron chi connectivity index (χ4n) is 2.62. The van der Waals surface area contributed by atoms with E-state index >= 15 is 0 Å². The molecule has 0 bridgehead atoms. The molecule has 0 spiro atoms. The maximum atomic E-state index is 14.1. The van der Waals surface area contributed by atoms with E-state index in [1.165, 1.54) is 0 Å². The fraction of sp³-hybridized carbons (Fsp3) is 0.625. The molecule has 0 amide bonds. The second-order valence-corrected chi connectivity index (χ2v) is 7.06. The van der Waals surface area contributed by atoms with Crippen LogP contribution in [0.2, 0.25) is 5.02 Å². The molecule has 112 valence electrons. The lowest BCUT2D eigenvalue weighted by molar-refractivity contribution is 0.0238. The third-order valence-electron chi connectivity index (χ3n) is 4.52. The number of nitrogens with zero attached hydrogens (tertiary/aromatic N) is 1. The summed E-state index contributed by atoms with van der Waals surface area (Å²) in [6.07, 6.45) is 1.05. The predicted molar refractivity (Wildman–Crippen MR) is 82.6 cm³/mol. The van der Waals surface area contributed by atoms with E-state index in [4.69, 9.17) is 11.6 Å².